The minimum atomic E-state index is -3.99. The molecule has 0 fully saturated rings. The number of halogens is 4. The zero-order valence-electron chi connectivity index (χ0n) is 12.1. The summed E-state index contributed by atoms with van der Waals surface area (Å²) in [6, 6.07) is 9.43. The molecule has 2 rings (SSSR count). The van der Waals surface area contributed by atoms with Gasteiger partial charge >= 0.3 is 12.3 Å². The Morgan fingerprint density at radius 1 is 1.17 bits per heavy atom. The van der Waals surface area contributed by atoms with E-state index in [4.69, 9.17) is 5.73 Å². The van der Waals surface area contributed by atoms with Crippen LogP contribution >= 0.6 is 11.8 Å². The van der Waals surface area contributed by atoms with E-state index in [-0.39, 0.29) is 12.3 Å². The fourth-order valence-electron chi connectivity index (χ4n) is 1.89. The van der Waals surface area contributed by atoms with E-state index in [1.54, 1.807) is 4.57 Å². The lowest BCUT2D eigenvalue weighted by atomic mass is 10.2. The minimum Gasteiger partial charge on any atom is -0.324 e. The average molecular weight is 348 g/mol. The first kappa shape index (κ1) is 17.7. The lowest BCUT2D eigenvalue weighted by Gasteiger charge is -2.14. The molecule has 0 aliphatic heterocycles. The molecule has 0 aliphatic carbocycles. The fraction of sp³-hybridized carbons (Fsp3) is 0.429. The Hall–Kier alpha value is -1.61. The molecule has 1 heterocycles. The molecule has 0 atom stereocenters. The van der Waals surface area contributed by atoms with Gasteiger partial charge in [0.1, 0.15) is 5.82 Å². The quantitative estimate of drug-likeness (QED) is 0.588. The summed E-state index contributed by atoms with van der Waals surface area (Å²) in [6.45, 7) is 0.585. The predicted octanol–water partition coefficient (Wildman–Crippen LogP) is 3.17. The Morgan fingerprint density at radius 3 is 2.48 bits per heavy atom. The van der Waals surface area contributed by atoms with Crippen molar-refractivity contribution in [3.8, 4) is 0 Å². The Kier molecular flexibility index (Phi) is 6.00. The van der Waals surface area contributed by atoms with Crippen LogP contribution in [-0.4, -0.2) is 32.9 Å². The lowest BCUT2D eigenvalue weighted by molar-refractivity contribution is -0.129. The van der Waals surface area contributed by atoms with Crippen molar-refractivity contribution in [1.29, 1.82) is 0 Å². The summed E-state index contributed by atoms with van der Waals surface area (Å²) in [5.74, 6) is -3.67. The van der Waals surface area contributed by atoms with E-state index in [2.05, 4.69) is 10.2 Å². The first-order valence-corrected chi connectivity index (χ1v) is 7.87. The third kappa shape index (κ3) is 4.68. The molecule has 23 heavy (non-hydrogen) atoms. The highest BCUT2D eigenvalue weighted by Gasteiger charge is 2.40. The number of aromatic nitrogens is 3. The predicted molar refractivity (Wildman–Crippen MR) is 79.7 cm³/mol. The van der Waals surface area contributed by atoms with Crippen LogP contribution in [0.15, 0.2) is 35.5 Å². The largest absolute Gasteiger partial charge is 0.324 e. The van der Waals surface area contributed by atoms with Crippen LogP contribution in [0.3, 0.4) is 0 Å². The standard InChI is InChI=1S/C14H16F4N4S/c15-12(16)14(17,18)6-7-23-13-21-20-11(8-19)22(13)9-10-4-2-1-3-5-10/h1-5,12H,6-9,19H2. The maximum Gasteiger partial charge on any atom is 0.308 e. The summed E-state index contributed by atoms with van der Waals surface area (Å²) in [5, 5.41) is 8.21. The number of hydrogen-bond donors (Lipinski definition) is 1. The van der Waals surface area contributed by atoms with E-state index in [9.17, 15) is 17.6 Å². The second-order valence-electron chi connectivity index (χ2n) is 4.83. The number of benzene rings is 1. The first-order chi connectivity index (χ1) is 10.9. The van der Waals surface area contributed by atoms with Crippen LogP contribution in [0.4, 0.5) is 17.6 Å². The van der Waals surface area contributed by atoms with Crippen LogP contribution in [0.2, 0.25) is 0 Å². The van der Waals surface area contributed by atoms with E-state index >= 15 is 0 Å². The van der Waals surface area contributed by atoms with Gasteiger partial charge in [-0.15, -0.1) is 10.2 Å². The van der Waals surface area contributed by atoms with Gasteiger partial charge in [-0.25, -0.2) is 17.6 Å². The SMILES string of the molecule is NCc1nnc(SCCC(F)(F)C(F)F)n1Cc1ccccc1. The minimum absolute atomic E-state index is 0.146. The van der Waals surface area contributed by atoms with Gasteiger partial charge in [0.15, 0.2) is 5.16 Å². The molecular formula is C14H16F4N4S. The van der Waals surface area contributed by atoms with Gasteiger partial charge < -0.3 is 10.3 Å². The van der Waals surface area contributed by atoms with E-state index in [0.717, 1.165) is 17.3 Å². The second-order valence-corrected chi connectivity index (χ2v) is 5.90. The normalized spacial score (nSPS) is 12.1. The molecule has 1 aromatic carbocycles. The number of nitrogens with two attached hydrogens (primary N) is 1. The zero-order chi connectivity index (χ0) is 16.9. The van der Waals surface area contributed by atoms with Crippen molar-refractivity contribution in [2.24, 2.45) is 5.73 Å². The molecule has 126 valence electrons. The molecule has 1 aromatic heterocycles. The molecule has 4 nitrogen and oxygen atoms in total. The highest BCUT2D eigenvalue weighted by atomic mass is 32.2. The molecular weight excluding hydrogens is 332 g/mol. The number of nitrogens with zero attached hydrogens (tertiary/aromatic N) is 3. The van der Waals surface area contributed by atoms with E-state index < -0.39 is 18.8 Å². The number of hydrogen-bond acceptors (Lipinski definition) is 4. The maximum absolute atomic E-state index is 12.9. The molecule has 0 unspecified atom stereocenters. The molecule has 0 spiro atoms. The van der Waals surface area contributed by atoms with Crippen LogP contribution in [-0.2, 0) is 13.1 Å². The van der Waals surface area contributed by atoms with Crippen molar-refractivity contribution in [3.05, 3.63) is 41.7 Å². The molecule has 0 saturated heterocycles. The van der Waals surface area contributed by atoms with E-state index in [0.29, 0.717) is 17.5 Å². The topological polar surface area (TPSA) is 56.7 Å². The van der Waals surface area contributed by atoms with Gasteiger partial charge in [-0.3, -0.25) is 0 Å². The number of thioether (sulfide) groups is 1. The molecule has 0 saturated carbocycles. The van der Waals surface area contributed by atoms with Gasteiger partial charge in [0.25, 0.3) is 0 Å². The van der Waals surface area contributed by atoms with Crippen molar-refractivity contribution < 1.29 is 17.6 Å². The van der Waals surface area contributed by atoms with E-state index in [1.807, 2.05) is 30.3 Å². The zero-order valence-corrected chi connectivity index (χ0v) is 12.9. The Morgan fingerprint density at radius 2 is 1.87 bits per heavy atom. The Labute approximate surface area is 135 Å². The third-order valence-electron chi connectivity index (χ3n) is 3.15. The molecule has 0 bridgehead atoms. The summed E-state index contributed by atoms with van der Waals surface area (Å²) in [5.41, 5.74) is 6.58. The Bertz CT molecular complexity index is 618. The van der Waals surface area contributed by atoms with Gasteiger partial charge in [-0.2, -0.15) is 0 Å². The summed E-state index contributed by atoms with van der Waals surface area (Å²) in [4.78, 5) is 0. The van der Waals surface area contributed by atoms with Crippen LogP contribution in [0.1, 0.15) is 17.8 Å². The van der Waals surface area contributed by atoms with Crippen molar-refractivity contribution in [3.63, 3.8) is 0 Å². The summed E-state index contributed by atoms with van der Waals surface area (Å²) in [6.07, 6.45) is -4.59. The van der Waals surface area contributed by atoms with Gasteiger partial charge in [0.05, 0.1) is 13.1 Å². The molecule has 0 amide bonds. The third-order valence-corrected chi connectivity index (χ3v) is 4.11. The van der Waals surface area contributed by atoms with Crippen LogP contribution < -0.4 is 5.73 Å². The molecule has 0 aliphatic rings. The maximum atomic E-state index is 12.9. The molecule has 0 radical (unpaired) electrons. The molecule has 9 heteroatoms. The fourth-order valence-corrected chi connectivity index (χ4v) is 2.87. The van der Waals surface area contributed by atoms with Gasteiger partial charge in [-0.1, -0.05) is 42.1 Å². The Balaban J connectivity index is 2.06. The lowest BCUT2D eigenvalue weighted by Crippen LogP contribution is -2.27. The molecule has 2 N–H and O–H groups in total. The van der Waals surface area contributed by atoms with Gasteiger partial charge in [-0.05, 0) is 5.56 Å². The van der Waals surface area contributed by atoms with Crippen molar-refractivity contribution in [2.45, 2.75) is 37.0 Å². The van der Waals surface area contributed by atoms with Crippen molar-refractivity contribution in [1.82, 2.24) is 14.8 Å². The van der Waals surface area contributed by atoms with Crippen molar-refractivity contribution >= 4 is 11.8 Å². The summed E-state index contributed by atoms with van der Waals surface area (Å²) in [7, 11) is 0. The van der Waals surface area contributed by atoms with Crippen molar-refractivity contribution in [2.75, 3.05) is 5.75 Å². The monoisotopic (exact) mass is 348 g/mol. The van der Waals surface area contributed by atoms with Gasteiger partial charge in [0.2, 0.25) is 0 Å². The van der Waals surface area contributed by atoms with Gasteiger partial charge in [0, 0.05) is 12.2 Å². The number of rotatable bonds is 8. The first-order valence-electron chi connectivity index (χ1n) is 6.89. The van der Waals surface area contributed by atoms with Crippen LogP contribution in [0.25, 0.3) is 0 Å². The second kappa shape index (κ2) is 7.78. The highest BCUT2D eigenvalue weighted by molar-refractivity contribution is 7.99. The van der Waals surface area contributed by atoms with Crippen LogP contribution in [0.5, 0.6) is 0 Å². The summed E-state index contributed by atoms with van der Waals surface area (Å²) >= 11 is 0.967. The average Bonchev–Trinajstić information content (AvgIpc) is 2.90. The van der Waals surface area contributed by atoms with Crippen LogP contribution in [0, 0.1) is 0 Å². The number of alkyl halides is 4. The highest BCUT2D eigenvalue weighted by Crippen LogP contribution is 2.30. The summed E-state index contributed by atoms with van der Waals surface area (Å²) < 4.78 is 51.9. The smallest absolute Gasteiger partial charge is 0.308 e. The molecule has 2 aromatic rings. The van der Waals surface area contributed by atoms with E-state index in [1.165, 1.54) is 0 Å².